The van der Waals surface area contributed by atoms with Crippen LogP contribution in [-0.4, -0.2) is 87.1 Å². The van der Waals surface area contributed by atoms with E-state index in [0.717, 1.165) is 38.3 Å². The maximum absolute atomic E-state index is 12.2. The quantitative estimate of drug-likeness (QED) is 0.294. The molecule has 0 bridgehead atoms. The Hall–Kier alpha value is -1.10. The summed E-state index contributed by atoms with van der Waals surface area (Å²) >= 11 is 0. The van der Waals surface area contributed by atoms with Gasteiger partial charge in [-0.3, -0.25) is 9.59 Å². The Morgan fingerprint density at radius 3 is 2.37 bits per heavy atom. The van der Waals surface area contributed by atoms with Crippen LogP contribution in [0.5, 0.6) is 0 Å². The Kier molecular flexibility index (Phi) is 12.6. The minimum Gasteiger partial charge on any atom is -0.384 e. The lowest BCUT2D eigenvalue weighted by Crippen LogP contribution is -2.53. The number of nitrogens with one attached hydrogen (secondary N) is 2. The summed E-state index contributed by atoms with van der Waals surface area (Å²) in [5.41, 5.74) is 0. The summed E-state index contributed by atoms with van der Waals surface area (Å²) in [6, 6.07) is 0.640. The molecule has 0 aromatic rings. The van der Waals surface area contributed by atoms with Gasteiger partial charge in [-0.25, -0.2) is 4.99 Å². The molecule has 1 heterocycles. The predicted octanol–water partition coefficient (Wildman–Crippen LogP) is 1.83. The van der Waals surface area contributed by atoms with Crippen molar-refractivity contribution in [3.05, 3.63) is 0 Å². The van der Waals surface area contributed by atoms with Gasteiger partial charge in [0.2, 0.25) is 11.8 Å². The summed E-state index contributed by atoms with van der Waals surface area (Å²) in [5.74, 6) is 1.47. The highest BCUT2D eigenvalue weighted by molar-refractivity contribution is 14.0. The van der Waals surface area contributed by atoms with E-state index in [-0.39, 0.29) is 48.4 Å². The van der Waals surface area contributed by atoms with Crippen LogP contribution in [-0.2, 0) is 14.3 Å². The van der Waals surface area contributed by atoms with Crippen molar-refractivity contribution >= 4 is 41.8 Å². The fourth-order valence-corrected chi connectivity index (χ4v) is 3.94. The van der Waals surface area contributed by atoms with E-state index in [9.17, 15) is 9.59 Å². The maximum Gasteiger partial charge on any atom is 0.243 e. The molecule has 2 atom stereocenters. The summed E-state index contributed by atoms with van der Waals surface area (Å²) in [7, 11) is 5.11. The first-order chi connectivity index (χ1) is 13.9. The summed E-state index contributed by atoms with van der Waals surface area (Å²) in [5, 5.41) is 7.11. The van der Waals surface area contributed by atoms with Crippen LogP contribution in [0.3, 0.4) is 0 Å². The normalized spacial score (nSPS) is 22.8. The van der Waals surface area contributed by atoms with Gasteiger partial charge < -0.3 is 25.2 Å². The third-order valence-corrected chi connectivity index (χ3v) is 6.01. The van der Waals surface area contributed by atoms with Gasteiger partial charge in [0, 0.05) is 46.4 Å². The van der Waals surface area contributed by atoms with Crippen LogP contribution in [0.1, 0.15) is 51.9 Å². The molecule has 9 heteroatoms. The SMILES string of the molecule is COCCC(=O)N1CCC(NC(=NCC(=O)N(C)C)NC2CCCCC2C)CC1.I. The first-order valence-electron chi connectivity index (χ1n) is 10.9. The van der Waals surface area contributed by atoms with Crippen molar-refractivity contribution in [1.82, 2.24) is 20.4 Å². The molecule has 0 aromatic carbocycles. The molecule has 1 aliphatic carbocycles. The average Bonchev–Trinajstić information content (AvgIpc) is 2.72. The number of hydrogen-bond donors (Lipinski definition) is 2. The molecule has 2 N–H and O–H groups in total. The zero-order chi connectivity index (χ0) is 21.2. The van der Waals surface area contributed by atoms with Crippen LogP contribution in [0.4, 0.5) is 0 Å². The Bertz CT molecular complexity index is 565. The maximum atomic E-state index is 12.2. The summed E-state index contributed by atoms with van der Waals surface area (Å²) < 4.78 is 5.01. The Balaban J connectivity index is 0.00000450. The van der Waals surface area contributed by atoms with Crippen molar-refractivity contribution in [2.75, 3.05) is 47.4 Å². The standard InChI is InChI=1S/C21H39N5O3.HI/c1-16-7-5-6-8-18(16)24-21(22-15-20(28)25(2)3)23-17-9-12-26(13-10-17)19(27)11-14-29-4;/h16-18H,5-15H2,1-4H3,(H2,22,23,24);1H. The topological polar surface area (TPSA) is 86.3 Å². The van der Waals surface area contributed by atoms with Gasteiger partial charge in [0.05, 0.1) is 13.0 Å². The number of nitrogens with zero attached hydrogens (tertiary/aromatic N) is 3. The molecule has 1 saturated carbocycles. The van der Waals surface area contributed by atoms with E-state index in [0.29, 0.717) is 25.0 Å². The van der Waals surface area contributed by atoms with Crippen LogP contribution in [0, 0.1) is 5.92 Å². The third kappa shape index (κ3) is 8.95. The molecular formula is C21H40IN5O3. The molecule has 2 aliphatic rings. The van der Waals surface area contributed by atoms with Crippen molar-refractivity contribution in [2.45, 2.75) is 64.0 Å². The molecule has 1 saturated heterocycles. The zero-order valence-electron chi connectivity index (χ0n) is 19.0. The predicted molar refractivity (Wildman–Crippen MR) is 130 cm³/mol. The number of likely N-dealkylation sites (tertiary alicyclic amines) is 1. The van der Waals surface area contributed by atoms with Crippen LogP contribution in [0.25, 0.3) is 0 Å². The molecule has 174 valence electrons. The lowest BCUT2D eigenvalue weighted by atomic mass is 9.86. The van der Waals surface area contributed by atoms with E-state index >= 15 is 0 Å². The van der Waals surface area contributed by atoms with E-state index in [1.807, 2.05) is 4.90 Å². The highest BCUT2D eigenvalue weighted by Crippen LogP contribution is 2.23. The number of aliphatic imine (C=N–C) groups is 1. The molecule has 2 amide bonds. The molecule has 2 unspecified atom stereocenters. The Morgan fingerprint density at radius 2 is 1.77 bits per heavy atom. The van der Waals surface area contributed by atoms with Crippen LogP contribution < -0.4 is 10.6 Å². The lowest BCUT2D eigenvalue weighted by molar-refractivity contribution is -0.133. The molecule has 2 rings (SSSR count). The van der Waals surface area contributed by atoms with Gasteiger partial charge in [0.25, 0.3) is 0 Å². The number of likely N-dealkylation sites (N-methyl/N-ethyl adjacent to an activating group) is 1. The number of piperidine rings is 1. The number of carbonyl (C=O) groups excluding carboxylic acids is 2. The summed E-state index contributed by atoms with van der Waals surface area (Å²) in [6.07, 6.45) is 7.07. The zero-order valence-corrected chi connectivity index (χ0v) is 21.3. The van der Waals surface area contributed by atoms with Crippen molar-refractivity contribution in [1.29, 1.82) is 0 Å². The van der Waals surface area contributed by atoms with Gasteiger partial charge in [-0.05, 0) is 31.6 Å². The van der Waals surface area contributed by atoms with Crippen molar-refractivity contribution < 1.29 is 14.3 Å². The van der Waals surface area contributed by atoms with Crippen LogP contribution in [0.15, 0.2) is 4.99 Å². The number of carbonyl (C=O) groups is 2. The smallest absolute Gasteiger partial charge is 0.243 e. The number of guanidine groups is 1. The molecule has 8 nitrogen and oxygen atoms in total. The lowest BCUT2D eigenvalue weighted by Gasteiger charge is -2.35. The number of ether oxygens (including phenoxy) is 1. The molecule has 30 heavy (non-hydrogen) atoms. The van der Waals surface area contributed by atoms with E-state index in [1.165, 1.54) is 19.3 Å². The van der Waals surface area contributed by atoms with Gasteiger partial charge in [-0.1, -0.05) is 19.8 Å². The summed E-state index contributed by atoms with van der Waals surface area (Å²) in [4.78, 5) is 32.2. The highest BCUT2D eigenvalue weighted by Gasteiger charge is 2.26. The second-order valence-corrected chi connectivity index (χ2v) is 8.51. The molecule has 1 aliphatic heterocycles. The van der Waals surface area contributed by atoms with Crippen molar-refractivity contribution in [3.63, 3.8) is 0 Å². The fourth-order valence-electron chi connectivity index (χ4n) is 3.94. The van der Waals surface area contributed by atoms with E-state index < -0.39 is 0 Å². The Labute approximate surface area is 198 Å². The van der Waals surface area contributed by atoms with Crippen LogP contribution in [0.2, 0.25) is 0 Å². The second-order valence-electron chi connectivity index (χ2n) is 8.51. The number of methoxy groups -OCH3 is 1. The van der Waals surface area contributed by atoms with E-state index in [2.05, 4.69) is 22.5 Å². The Morgan fingerprint density at radius 1 is 1.10 bits per heavy atom. The fraction of sp³-hybridized carbons (Fsp3) is 0.857. The van der Waals surface area contributed by atoms with Crippen molar-refractivity contribution in [3.8, 4) is 0 Å². The first-order valence-corrected chi connectivity index (χ1v) is 10.9. The van der Waals surface area contributed by atoms with Gasteiger partial charge in [0.1, 0.15) is 6.54 Å². The van der Waals surface area contributed by atoms with E-state index in [1.54, 1.807) is 26.1 Å². The largest absolute Gasteiger partial charge is 0.384 e. The second kappa shape index (κ2) is 14.1. The minimum atomic E-state index is -0.0126. The number of hydrogen-bond acceptors (Lipinski definition) is 4. The first kappa shape index (κ1) is 26.9. The monoisotopic (exact) mass is 537 g/mol. The minimum absolute atomic E-state index is 0. The summed E-state index contributed by atoms with van der Waals surface area (Å²) in [6.45, 7) is 4.37. The molecule has 0 radical (unpaired) electrons. The number of rotatable bonds is 7. The van der Waals surface area contributed by atoms with Crippen LogP contribution >= 0.6 is 24.0 Å². The highest BCUT2D eigenvalue weighted by atomic mass is 127. The van der Waals surface area contributed by atoms with Gasteiger partial charge in [-0.2, -0.15) is 0 Å². The third-order valence-electron chi connectivity index (χ3n) is 6.01. The van der Waals surface area contributed by atoms with Gasteiger partial charge in [0.15, 0.2) is 5.96 Å². The average molecular weight is 537 g/mol. The van der Waals surface area contributed by atoms with Gasteiger partial charge >= 0.3 is 0 Å². The van der Waals surface area contributed by atoms with Gasteiger partial charge in [-0.15, -0.1) is 24.0 Å². The van der Waals surface area contributed by atoms with E-state index in [4.69, 9.17) is 4.74 Å². The molecule has 0 spiro atoms. The number of halogens is 1. The number of amides is 2. The molecule has 2 fully saturated rings. The molecular weight excluding hydrogens is 497 g/mol. The molecule has 0 aromatic heterocycles. The van der Waals surface area contributed by atoms with Crippen molar-refractivity contribution in [2.24, 2.45) is 10.9 Å².